The molecule has 1 aliphatic carbocycles. The van der Waals surface area contributed by atoms with Crippen molar-refractivity contribution in [3.63, 3.8) is 0 Å². The fraction of sp³-hybridized carbons (Fsp3) is 0.500. The van der Waals surface area contributed by atoms with Gasteiger partial charge in [-0.05, 0) is 31.9 Å². The van der Waals surface area contributed by atoms with E-state index in [0.29, 0.717) is 5.78 Å². The minimum absolute atomic E-state index is 0.275. The van der Waals surface area contributed by atoms with Crippen LogP contribution in [0.5, 0.6) is 0 Å². The molecule has 2 nitrogen and oxygen atoms in total. The molecule has 0 aromatic carbocycles. The summed E-state index contributed by atoms with van der Waals surface area (Å²) >= 11 is 0. The average molecular weight is 189 g/mol. The summed E-state index contributed by atoms with van der Waals surface area (Å²) in [5.41, 5.74) is 1.76. The summed E-state index contributed by atoms with van der Waals surface area (Å²) in [5, 5.41) is 0. The van der Waals surface area contributed by atoms with Crippen LogP contribution in [-0.2, 0) is 0 Å². The lowest BCUT2D eigenvalue weighted by atomic mass is 9.97. The third-order valence-electron chi connectivity index (χ3n) is 2.91. The Labute approximate surface area is 84.4 Å². The molecular weight excluding hydrogens is 174 g/mol. The van der Waals surface area contributed by atoms with Crippen molar-refractivity contribution in [3.8, 4) is 0 Å². The van der Waals surface area contributed by atoms with E-state index in [2.05, 4.69) is 4.98 Å². The number of hydrogen-bond donors (Lipinski definition) is 0. The van der Waals surface area contributed by atoms with Gasteiger partial charge in [-0.3, -0.25) is 9.78 Å². The average Bonchev–Trinajstić information content (AvgIpc) is 2.69. The van der Waals surface area contributed by atoms with Crippen LogP contribution in [0, 0.1) is 12.8 Å². The van der Waals surface area contributed by atoms with Crippen molar-refractivity contribution >= 4 is 5.78 Å². The molecular formula is C12H15NO. The number of pyridine rings is 1. The van der Waals surface area contributed by atoms with Crippen molar-refractivity contribution in [2.24, 2.45) is 5.92 Å². The van der Waals surface area contributed by atoms with Crippen molar-refractivity contribution in [1.82, 2.24) is 4.98 Å². The second kappa shape index (κ2) is 3.91. The molecule has 1 fully saturated rings. The molecule has 0 spiro atoms. The van der Waals surface area contributed by atoms with Gasteiger partial charge in [0.1, 0.15) is 0 Å². The van der Waals surface area contributed by atoms with Crippen LogP contribution in [0.15, 0.2) is 18.3 Å². The highest BCUT2D eigenvalue weighted by molar-refractivity contribution is 5.97. The number of rotatable bonds is 2. The predicted octanol–water partition coefficient (Wildman–Crippen LogP) is 2.76. The molecule has 2 rings (SSSR count). The number of nitrogens with zero attached hydrogens (tertiary/aromatic N) is 1. The van der Waals surface area contributed by atoms with E-state index in [1.54, 1.807) is 6.20 Å². The molecule has 0 atom stereocenters. The Hall–Kier alpha value is -1.18. The number of Topliss-reactive ketones (excluding diaryl/α,β-unsaturated/α-hetero) is 1. The number of aryl methyl sites for hydroxylation is 1. The fourth-order valence-corrected chi connectivity index (χ4v) is 2.12. The van der Waals surface area contributed by atoms with Crippen LogP contribution in [-0.4, -0.2) is 10.8 Å². The zero-order chi connectivity index (χ0) is 9.97. The quantitative estimate of drug-likeness (QED) is 0.669. The molecule has 1 aromatic rings. The Bertz CT molecular complexity index is 340. The smallest absolute Gasteiger partial charge is 0.166 e. The van der Waals surface area contributed by atoms with Crippen LogP contribution < -0.4 is 0 Å². The number of carbonyl (C=O) groups excluding carboxylic acids is 1. The molecule has 0 saturated heterocycles. The largest absolute Gasteiger partial charge is 0.294 e. The summed E-state index contributed by atoms with van der Waals surface area (Å²) < 4.78 is 0. The molecule has 0 N–H and O–H groups in total. The van der Waals surface area contributed by atoms with Crippen LogP contribution in [0.25, 0.3) is 0 Å². The Morgan fingerprint density at radius 3 is 2.79 bits per heavy atom. The molecule has 0 bridgehead atoms. The second-order valence-electron chi connectivity index (χ2n) is 4.03. The van der Waals surface area contributed by atoms with E-state index in [0.717, 1.165) is 24.1 Å². The second-order valence-corrected chi connectivity index (χ2v) is 4.03. The van der Waals surface area contributed by atoms with Gasteiger partial charge in [-0.25, -0.2) is 0 Å². The minimum Gasteiger partial charge on any atom is -0.294 e. The van der Waals surface area contributed by atoms with Gasteiger partial charge in [0.25, 0.3) is 0 Å². The third kappa shape index (κ3) is 1.84. The molecule has 1 heterocycles. The molecule has 0 amide bonds. The van der Waals surface area contributed by atoms with E-state index in [9.17, 15) is 4.79 Å². The minimum atomic E-state index is 0.275. The van der Waals surface area contributed by atoms with Crippen molar-refractivity contribution in [1.29, 1.82) is 0 Å². The van der Waals surface area contributed by atoms with Gasteiger partial charge in [0, 0.05) is 23.4 Å². The lowest BCUT2D eigenvalue weighted by Crippen LogP contribution is -2.11. The van der Waals surface area contributed by atoms with E-state index in [1.807, 2.05) is 19.1 Å². The molecule has 2 heteroatoms. The maximum atomic E-state index is 12.0. The molecule has 0 unspecified atom stereocenters. The summed E-state index contributed by atoms with van der Waals surface area (Å²) in [6, 6.07) is 3.72. The topological polar surface area (TPSA) is 30.0 Å². The Morgan fingerprint density at radius 2 is 2.14 bits per heavy atom. The molecule has 0 aliphatic heterocycles. The zero-order valence-electron chi connectivity index (χ0n) is 8.49. The Balaban J connectivity index is 2.17. The fourth-order valence-electron chi connectivity index (χ4n) is 2.12. The first-order valence-corrected chi connectivity index (χ1v) is 5.24. The van der Waals surface area contributed by atoms with Crippen molar-refractivity contribution in [3.05, 3.63) is 29.6 Å². The first-order chi connectivity index (χ1) is 6.77. The van der Waals surface area contributed by atoms with Crippen molar-refractivity contribution < 1.29 is 4.79 Å². The standard InChI is InChI=1S/C12H15NO/c1-9-8-11(6-7-13-9)12(14)10-4-2-3-5-10/h6-8,10H,2-5H2,1H3. The molecule has 0 radical (unpaired) electrons. The van der Waals surface area contributed by atoms with E-state index >= 15 is 0 Å². The summed E-state index contributed by atoms with van der Waals surface area (Å²) in [6.45, 7) is 1.92. The molecule has 74 valence electrons. The third-order valence-corrected chi connectivity index (χ3v) is 2.91. The first kappa shape index (κ1) is 9.38. The van der Waals surface area contributed by atoms with Crippen molar-refractivity contribution in [2.75, 3.05) is 0 Å². The number of ketones is 1. The lowest BCUT2D eigenvalue weighted by molar-refractivity contribution is 0.0922. The summed E-state index contributed by atoms with van der Waals surface area (Å²) in [7, 11) is 0. The van der Waals surface area contributed by atoms with Gasteiger partial charge in [0.15, 0.2) is 5.78 Å². The van der Waals surface area contributed by atoms with E-state index in [4.69, 9.17) is 0 Å². The number of carbonyl (C=O) groups is 1. The van der Waals surface area contributed by atoms with E-state index in [1.165, 1.54) is 12.8 Å². The predicted molar refractivity (Wildman–Crippen MR) is 55.3 cm³/mol. The lowest BCUT2D eigenvalue weighted by Gasteiger charge is -2.07. The Kier molecular flexibility index (Phi) is 2.62. The first-order valence-electron chi connectivity index (χ1n) is 5.24. The van der Waals surface area contributed by atoms with Gasteiger partial charge in [-0.1, -0.05) is 12.8 Å². The maximum Gasteiger partial charge on any atom is 0.166 e. The van der Waals surface area contributed by atoms with Crippen LogP contribution >= 0.6 is 0 Å². The molecule has 1 aromatic heterocycles. The van der Waals surface area contributed by atoms with Crippen LogP contribution in [0.4, 0.5) is 0 Å². The zero-order valence-corrected chi connectivity index (χ0v) is 8.49. The molecule has 1 saturated carbocycles. The number of aromatic nitrogens is 1. The highest BCUT2D eigenvalue weighted by Gasteiger charge is 2.23. The Morgan fingerprint density at radius 1 is 1.43 bits per heavy atom. The van der Waals surface area contributed by atoms with E-state index < -0.39 is 0 Å². The number of hydrogen-bond acceptors (Lipinski definition) is 2. The summed E-state index contributed by atoms with van der Waals surface area (Å²) in [4.78, 5) is 16.1. The van der Waals surface area contributed by atoms with Gasteiger partial charge in [0.05, 0.1) is 0 Å². The van der Waals surface area contributed by atoms with Crippen LogP contribution in [0.3, 0.4) is 0 Å². The van der Waals surface area contributed by atoms with Gasteiger partial charge in [-0.15, -0.1) is 0 Å². The van der Waals surface area contributed by atoms with Gasteiger partial charge in [-0.2, -0.15) is 0 Å². The van der Waals surface area contributed by atoms with Crippen molar-refractivity contribution in [2.45, 2.75) is 32.6 Å². The van der Waals surface area contributed by atoms with Gasteiger partial charge in [0.2, 0.25) is 0 Å². The molecule has 14 heavy (non-hydrogen) atoms. The molecule has 1 aliphatic rings. The maximum absolute atomic E-state index is 12.0. The highest BCUT2D eigenvalue weighted by atomic mass is 16.1. The summed E-state index contributed by atoms with van der Waals surface area (Å²) in [5.74, 6) is 0.588. The van der Waals surface area contributed by atoms with E-state index in [-0.39, 0.29) is 5.92 Å². The summed E-state index contributed by atoms with van der Waals surface area (Å²) in [6.07, 6.45) is 6.28. The van der Waals surface area contributed by atoms with Crippen LogP contribution in [0.1, 0.15) is 41.7 Å². The monoisotopic (exact) mass is 189 g/mol. The highest BCUT2D eigenvalue weighted by Crippen LogP contribution is 2.27. The normalized spacial score (nSPS) is 17.2. The van der Waals surface area contributed by atoms with Crippen LogP contribution in [0.2, 0.25) is 0 Å². The SMILES string of the molecule is Cc1cc(C(=O)C2CCCC2)ccn1. The van der Waals surface area contributed by atoms with Gasteiger partial charge >= 0.3 is 0 Å². The van der Waals surface area contributed by atoms with Gasteiger partial charge < -0.3 is 0 Å².